The normalized spacial score (nSPS) is 10.9. The summed E-state index contributed by atoms with van der Waals surface area (Å²) in [4.78, 5) is 13.9. The first-order chi connectivity index (χ1) is 12.1. The molecule has 4 rings (SSSR count). The number of rotatable bonds is 3. The maximum absolute atomic E-state index is 12.6. The van der Waals surface area contributed by atoms with Crippen LogP contribution in [0.5, 0.6) is 11.5 Å². The Morgan fingerprint density at radius 1 is 0.800 bits per heavy atom. The molecular formula is C19H13N3O3. The van der Waals surface area contributed by atoms with E-state index >= 15 is 0 Å². The van der Waals surface area contributed by atoms with Crippen LogP contribution in [0.15, 0.2) is 66.7 Å². The zero-order valence-corrected chi connectivity index (χ0v) is 13.0. The molecule has 2 N–H and O–H groups in total. The molecule has 3 aromatic carbocycles. The van der Waals surface area contributed by atoms with Gasteiger partial charge in [0.1, 0.15) is 28.2 Å². The van der Waals surface area contributed by atoms with Crippen molar-refractivity contribution in [1.82, 2.24) is 15.0 Å². The van der Waals surface area contributed by atoms with Gasteiger partial charge in [0, 0.05) is 11.6 Å². The third kappa shape index (κ3) is 2.59. The number of fused-ring (bicyclic) bond motifs is 1. The number of aromatic hydroxyl groups is 2. The fraction of sp³-hybridized carbons (Fsp3) is 0. The molecule has 0 spiro atoms. The molecule has 0 aliphatic carbocycles. The molecule has 0 aliphatic heterocycles. The first kappa shape index (κ1) is 14.9. The molecule has 0 saturated heterocycles. The molecule has 0 atom stereocenters. The van der Waals surface area contributed by atoms with Gasteiger partial charge >= 0.3 is 0 Å². The second-order valence-electron chi connectivity index (χ2n) is 5.53. The lowest BCUT2D eigenvalue weighted by Crippen LogP contribution is -2.05. The Bertz CT molecular complexity index is 1050. The van der Waals surface area contributed by atoms with E-state index in [2.05, 4.69) is 10.2 Å². The summed E-state index contributed by atoms with van der Waals surface area (Å²) < 4.78 is 0. The van der Waals surface area contributed by atoms with Gasteiger partial charge in [-0.25, -0.2) is 0 Å². The number of carbonyl (C=O) groups is 1. The number of benzene rings is 3. The molecule has 0 amide bonds. The van der Waals surface area contributed by atoms with Gasteiger partial charge in [0.25, 0.3) is 0 Å². The molecule has 1 aromatic heterocycles. The average molecular weight is 331 g/mol. The lowest BCUT2D eigenvalue weighted by Gasteiger charge is -2.09. The second-order valence-corrected chi connectivity index (χ2v) is 5.53. The van der Waals surface area contributed by atoms with Crippen LogP contribution in [-0.4, -0.2) is 31.0 Å². The Hall–Kier alpha value is -3.67. The number of ketones is 1. The number of nitrogens with zero attached hydrogens (tertiary/aromatic N) is 3. The lowest BCUT2D eigenvalue weighted by molar-refractivity contribution is 0.103. The summed E-state index contributed by atoms with van der Waals surface area (Å²) in [6, 6.07) is 18.4. The predicted octanol–water partition coefficient (Wildman–Crippen LogP) is 3.06. The Morgan fingerprint density at radius 3 is 2.04 bits per heavy atom. The molecule has 0 aliphatic rings. The third-order valence-corrected chi connectivity index (χ3v) is 3.88. The molecule has 1 heterocycles. The van der Waals surface area contributed by atoms with Gasteiger partial charge in [-0.05, 0) is 18.2 Å². The van der Waals surface area contributed by atoms with Crippen LogP contribution >= 0.6 is 0 Å². The van der Waals surface area contributed by atoms with Crippen molar-refractivity contribution < 1.29 is 15.0 Å². The standard InChI is InChI=1S/C19H13N3O3/c23-17-11-18(24)16(22-20-14-8-4-5-9-15(14)21-22)10-13(17)19(25)12-6-2-1-3-7-12/h1-11,23-24H. The van der Waals surface area contributed by atoms with Crippen molar-refractivity contribution in [2.45, 2.75) is 0 Å². The molecule has 0 saturated carbocycles. The number of phenols is 2. The largest absolute Gasteiger partial charge is 0.507 e. The highest BCUT2D eigenvalue weighted by Gasteiger charge is 2.19. The van der Waals surface area contributed by atoms with Crippen LogP contribution in [0.2, 0.25) is 0 Å². The highest BCUT2D eigenvalue weighted by molar-refractivity contribution is 6.11. The van der Waals surface area contributed by atoms with E-state index in [1.165, 1.54) is 10.9 Å². The molecule has 0 fully saturated rings. The molecule has 0 bridgehead atoms. The van der Waals surface area contributed by atoms with Crippen LogP contribution in [-0.2, 0) is 0 Å². The molecule has 122 valence electrons. The molecule has 6 heteroatoms. The average Bonchev–Trinajstić information content (AvgIpc) is 3.06. The molecule has 6 nitrogen and oxygen atoms in total. The van der Waals surface area contributed by atoms with Crippen molar-refractivity contribution in [1.29, 1.82) is 0 Å². The number of phenolic OH excluding ortho intramolecular Hbond substituents is 2. The van der Waals surface area contributed by atoms with Crippen LogP contribution in [0.3, 0.4) is 0 Å². The lowest BCUT2D eigenvalue weighted by atomic mass is 10.0. The van der Waals surface area contributed by atoms with E-state index in [1.54, 1.807) is 42.5 Å². The third-order valence-electron chi connectivity index (χ3n) is 3.88. The molecule has 0 unspecified atom stereocenters. The molecule has 25 heavy (non-hydrogen) atoms. The van der Waals surface area contributed by atoms with E-state index in [4.69, 9.17) is 0 Å². The van der Waals surface area contributed by atoms with Crippen molar-refractivity contribution in [2.24, 2.45) is 0 Å². The summed E-state index contributed by atoms with van der Waals surface area (Å²) in [6.45, 7) is 0. The Morgan fingerprint density at radius 2 is 1.40 bits per heavy atom. The van der Waals surface area contributed by atoms with Gasteiger partial charge in [-0.15, -0.1) is 15.0 Å². The van der Waals surface area contributed by atoms with Gasteiger partial charge < -0.3 is 10.2 Å². The Balaban J connectivity index is 1.85. The predicted molar refractivity (Wildman–Crippen MR) is 92.1 cm³/mol. The van der Waals surface area contributed by atoms with Gasteiger partial charge in [-0.3, -0.25) is 4.79 Å². The summed E-state index contributed by atoms with van der Waals surface area (Å²) in [5, 5.41) is 28.9. The van der Waals surface area contributed by atoms with Crippen molar-refractivity contribution in [3.63, 3.8) is 0 Å². The second kappa shape index (κ2) is 5.76. The zero-order valence-electron chi connectivity index (χ0n) is 13.0. The summed E-state index contributed by atoms with van der Waals surface area (Å²) in [6.07, 6.45) is 0. The quantitative estimate of drug-likeness (QED) is 0.563. The molecular weight excluding hydrogens is 318 g/mol. The smallest absolute Gasteiger partial charge is 0.196 e. The van der Waals surface area contributed by atoms with Gasteiger partial charge in [-0.2, -0.15) is 0 Å². The van der Waals surface area contributed by atoms with Gasteiger partial charge in [0.2, 0.25) is 0 Å². The summed E-state index contributed by atoms with van der Waals surface area (Å²) in [5.41, 5.74) is 2.04. The number of hydrogen-bond acceptors (Lipinski definition) is 5. The summed E-state index contributed by atoms with van der Waals surface area (Å²) in [7, 11) is 0. The van der Waals surface area contributed by atoms with E-state index in [9.17, 15) is 15.0 Å². The summed E-state index contributed by atoms with van der Waals surface area (Å²) in [5.74, 6) is -0.870. The number of aromatic nitrogens is 3. The van der Waals surface area contributed by atoms with Gasteiger partial charge in [0.05, 0.1) is 5.56 Å². The van der Waals surface area contributed by atoms with E-state index in [-0.39, 0.29) is 28.5 Å². The summed E-state index contributed by atoms with van der Waals surface area (Å²) >= 11 is 0. The number of hydrogen-bond donors (Lipinski definition) is 2. The van der Waals surface area contributed by atoms with Crippen molar-refractivity contribution in [2.75, 3.05) is 0 Å². The van der Waals surface area contributed by atoms with E-state index < -0.39 is 0 Å². The van der Waals surface area contributed by atoms with Gasteiger partial charge in [0.15, 0.2) is 5.78 Å². The fourth-order valence-corrected chi connectivity index (χ4v) is 2.62. The number of carbonyl (C=O) groups excluding carboxylic acids is 1. The minimum atomic E-state index is -0.351. The fourth-order valence-electron chi connectivity index (χ4n) is 2.62. The van der Waals surface area contributed by atoms with Crippen molar-refractivity contribution >= 4 is 16.8 Å². The minimum absolute atomic E-state index is 0.0698. The van der Waals surface area contributed by atoms with Gasteiger partial charge in [-0.1, -0.05) is 42.5 Å². The van der Waals surface area contributed by atoms with Crippen molar-refractivity contribution in [3.05, 3.63) is 77.9 Å². The van der Waals surface area contributed by atoms with E-state index in [1.807, 2.05) is 12.1 Å². The monoisotopic (exact) mass is 331 g/mol. The minimum Gasteiger partial charge on any atom is -0.507 e. The maximum atomic E-state index is 12.6. The Labute approximate surface area is 142 Å². The highest BCUT2D eigenvalue weighted by Crippen LogP contribution is 2.31. The zero-order chi connectivity index (χ0) is 17.4. The topological polar surface area (TPSA) is 88.2 Å². The first-order valence-electron chi connectivity index (χ1n) is 7.61. The molecule has 4 aromatic rings. The first-order valence-corrected chi connectivity index (χ1v) is 7.61. The van der Waals surface area contributed by atoms with E-state index in [0.29, 0.717) is 16.6 Å². The molecule has 0 radical (unpaired) electrons. The highest BCUT2D eigenvalue weighted by atomic mass is 16.3. The van der Waals surface area contributed by atoms with Crippen LogP contribution in [0.25, 0.3) is 16.7 Å². The van der Waals surface area contributed by atoms with Crippen LogP contribution in [0.4, 0.5) is 0 Å². The van der Waals surface area contributed by atoms with E-state index in [0.717, 1.165) is 6.07 Å². The van der Waals surface area contributed by atoms with Crippen LogP contribution in [0.1, 0.15) is 15.9 Å². The van der Waals surface area contributed by atoms with Crippen molar-refractivity contribution in [3.8, 4) is 17.2 Å². The maximum Gasteiger partial charge on any atom is 0.196 e. The SMILES string of the molecule is O=C(c1ccccc1)c1cc(-n2nc3ccccc3n2)c(O)cc1O. The van der Waals surface area contributed by atoms with Crippen LogP contribution in [0, 0.1) is 0 Å². The Kier molecular flexibility index (Phi) is 3.43. The van der Waals surface area contributed by atoms with Crippen LogP contribution < -0.4 is 0 Å².